The molecule has 1 aromatic heterocycles. The van der Waals surface area contributed by atoms with Crippen LogP contribution in [0.3, 0.4) is 0 Å². The van der Waals surface area contributed by atoms with Crippen LogP contribution in [-0.4, -0.2) is 44.4 Å². The predicted octanol–water partition coefficient (Wildman–Crippen LogP) is 3.36. The Kier molecular flexibility index (Phi) is 7.22. The number of nitrogens with zero attached hydrogens (tertiary/aromatic N) is 2. The smallest absolute Gasteiger partial charge is 0.264 e. The lowest BCUT2D eigenvalue weighted by Gasteiger charge is -2.15. The lowest BCUT2D eigenvalue weighted by molar-refractivity contribution is 0.112. The summed E-state index contributed by atoms with van der Waals surface area (Å²) >= 11 is 0. The second-order valence-electron chi connectivity index (χ2n) is 7.48. The van der Waals surface area contributed by atoms with Gasteiger partial charge in [0.05, 0.1) is 10.6 Å². The van der Waals surface area contributed by atoms with Gasteiger partial charge in [-0.2, -0.15) is 4.98 Å². The number of carbonyl (C=O) groups is 1. The summed E-state index contributed by atoms with van der Waals surface area (Å²) in [5.41, 5.74) is 3.66. The molecule has 0 aliphatic rings. The fraction of sp³-hybridized carbons (Fsp3) is 0.261. The molecular formula is C23H26N4O4S. The number of hydrogen-bond acceptors (Lipinski definition) is 7. The Morgan fingerprint density at radius 2 is 1.75 bits per heavy atom. The summed E-state index contributed by atoms with van der Waals surface area (Å²) in [6.07, 6.45) is 0.589. The molecule has 0 spiro atoms. The first-order valence-electron chi connectivity index (χ1n) is 10.1. The molecule has 1 unspecified atom stereocenters. The quantitative estimate of drug-likeness (QED) is 0.477. The molecular weight excluding hydrogens is 428 g/mol. The van der Waals surface area contributed by atoms with E-state index in [-0.39, 0.29) is 28.3 Å². The van der Waals surface area contributed by atoms with Crippen LogP contribution in [0.25, 0.3) is 11.3 Å². The van der Waals surface area contributed by atoms with Crippen LogP contribution in [-0.2, 0) is 10.0 Å². The van der Waals surface area contributed by atoms with Crippen molar-refractivity contribution < 1.29 is 17.9 Å². The van der Waals surface area contributed by atoms with Crippen molar-refractivity contribution in [3.63, 3.8) is 0 Å². The molecule has 0 fully saturated rings. The molecule has 3 aromatic rings. The number of benzene rings is 2. The minimum absolute atomic E-state index is 0.0607. The minimum Gasteiger partial charge on any atom is -0.476 e. The highest BCUT2D eigenvalue weighted by atomic mass is 32.2. The molecule has 9 heteroatoms. The van der Waals surface area contributed by atoms with Crippen LogP contribution in [0, 0.1) is 13.8 Å². The third-order valence-corrected chi connectivity index (χ3v) is 6.27. The average molecular weight is 455 g/mol. The number of anilines is 1. The second kappa shape index (κ2) is 9.88. The van der Waals surface area contributed by atoms with Crippen molar-refractivity contribution in [1.82, 2.24) is 15.3 Å². The van der Waals surface area contributed by atoms with Gasteiger partial charge in [0, 0.05) is 23.2 Å². The van der Waals surface area contributed by atoms with Crippen molar-refractivity contribution in [2.45, 2.75) is 31.7 Å². The number of carbonyl (C=O) groups excluding carboxylic acids is 1. The number of aryl methyl sites for hydroxylation is 2. The van der Waals surface area contributed by atoms with E-state index in [1.54, 1.807) is 6.07 Å². The summed E-state index contributed by atoms with van der Waals surface area (Å²) < 4.78 is 34.1. The van der Waals surface area contributed by atoms with Crippen molar-refractivity contribution in [3.8, 4) is 17.1 Å². The highest BCUT2D eigenvalue weighted by molar-refractivity contribution is 7.92. The number of sulfonamides is 1. The first-order chi connectivity index (χ1) is 15.2. The number of likely N-dealkylation sites (N-methyl/N-ethyl adjacent to an activating group) is 1. The molecule has 0 aliphatic carbocycles. The summed E-state index contributed by atoms with van der Waals surface area (Å²) in [5.74, 6) is 0.132. The van der Waals surface area contributed by atoms with Crippen molar-refractivity contribution in [1.29, 1.82) is 0 Å². The summed E-state index contributed by atoms with van der Waals surface area (Å²) in [4.78, 5) is 19.7. The summed E-state index contributed by atoms with van der Waals surface area (Å²) in [7, 11) is -2.20. The maximum atomic E-state index is 12.9. The lowest BCUT2D eigenvalue weighted by atomic mass is 10.00. The van der Waals surface area contributed by atoms with E-state index in [1.807, 2.05) is 46.0 Å². The number of hydrogen-bond donors (Lipinski definition) is 2. The van der Waals surface area contributed by atoms with Crippen LogP contribution < -0.4 is 14.8 Å². The molecule has 0 amide bonds. The zero-order valence-electron chi connectivity index (χ0n) is 18.4. The average Bonchev–Trinajstić information content (AvgIpc) is 2.77. The summed E-state index contributed by atoms with van der Waals surface area (Å²) in [6, 6.07) is 13.4. The van der Waals surface area contributed by atoms with Crippen molar-refractivity contribution in [3.05, 3.63) is 65.2 Å². The number of rotatable bonds is 9. The van der Waals surface area contributed by atoms with Gasteiger partial charge in [-0.05, 0) is 51.1 Å². The van der Waals surface area contributed by atoms with E-state index in [0.717, 1.165) is 16.7 Å². The molecule has 0 radical (unpaired) electrons. The van der Waals surface area contributed by atoms with Gasteiger partial charge in [0.25, 0.3) is 10.0 Å². The summed E-state index contributed by atoms with van der Waals surface area (Å²) in [6.45, 7) is 6.22. The fourth-order valence-electron chi connectivity index (χ4n) is 3.12. The normalized spacial score (nSPS) is 12.2. The van der Waals surface area contributed by atoms with Gasteiger partial charge < -0.3 is 10.1 Å². The van der Waals surface area contributed by atoms with E-state index in [2.05, 4.69) is 20.0 Å². The van der Waals surface area contributed by atoms with Gasteiger partial charge in [-0.15, -0.1) is 0 Å². The van der Waals surface area contributed by atoms with Gasteiger partial charge >= 0.3 is 0 Å². The monoisotopic (exact) mass is 454 g/mol. The van der Waals surface area contributed by atoms with Gasteiger partial charge in [0.2, 0.25) is 11.8 Å². The standard InChI is InChI=1S/C23H26N4O4S/c1-15-7-5-8-16(2)22(15)20-12-21(31-14-17(3)24-4)26-23(25-20)27-32(29,30)19-10-6-9-18(11-19)13-28/h5-13,17,24H,14H2,1-4H3,(H,25,26,27). The highest BCUT2D eigenvalue weighted by Crippen LogP contribution is 2.29. The van der Waals surface area contributed by atoms with E-state index in [0.29, 0.717) is 18.6 Å². The van der Waals surface area contributed by atoms with E-state index >= 15 is 0 Å². The Hall–Kier alpha value is -3.30. The predicted molar refractivity (Wildman–Crippen MR) is 124 cm³/mol. The fourth-order valence-corrected chi connectivity index (χ4v) is 4.12. The first kappa shape index (κ1) is 23.4. The zero-order chi connectivity index (χ0) is 23.3. The molecule has 32 heavy (non-hydrogen) atoms. The number of aromatic nitrogens is 2. The van der Waals surface area contributed by atoms with Crippen LogP contribution in [0.1, 0.15) is 28.4 Å². The van der Waals surface area contributed by atoms with Gasteiger partial charge in [-0.1, -0.05) is 30.3 Å². The lowest BCUT2D eigenvalue weighted by Crippen LogP contribution is -2.28. The molecule has 2 N–H and O–H groups in total. The molecule has 1 heterocycles. The van der Waals surface area contributed by atoms with Crippen LogP contribution in [0.2, 0.25) is 0 Å². The minimum atomic E-state index is -4.02. The SMILES string of the molecule is CNC(C)COc1cc(-c2c(C)cccc2C)nc(NS(=O)(=O)c2cccc(C=O)c2)n1. The van der Waals surface area contributed by atoms with Crippen LogP contribution in [0.4, 0.5) is 5.95 Å². The van der Waals surface area contributed by atoms with Crippen molar-refractivity contribution in [2.75, 3.05) is 18.4 Å². The topological polar surface area (TPSA) is 110 Å². The zero-order valence-corrected chi connectivity index (χ0v) is 19.2. The maximum Gasteiger partial charge on any atom is 0.264 e. The Morgan fingerprint density at radius 3 is 2.41 bits per heavy atom. The Bertz CT molecular complexity index is 1210. The van der Waals surface area contributed by atoms with Gasteiger partial charge in [0.1, 0.15) is 12.9 Å². The number of aldehydes is 1. The van der Waals surface area contributed by atoms with Crippen LogP contribution >= 0.6 is 0 Å². The Balaban J connectivity index is 2.05. The van der Waals surface area contributed by atoms with E-state index in [9.17, 15) is 13.2 Å². The maximum absolute atomic E-state index is 12.9. The molecule has 1 atom stereocenters. The molecule has 3 rings (SSSR count). The van der Waals surface area contributed by atoms with E-state index in [1.165, 1.54) is 24.3 Å². The molecule has 2 aromatic carbocycles. The first-order valence-corrected chi connectivity index (χ1v) is 11.6. The van der Waals surface area contributed by atoms with Crippen LogP contribution in [0.5, 0.6) is 5.88 Å². The molecule has 0 bridgehead atoms. The van der Waals surface area contributed by atoms with E-state index < -0.39 is 10.0 Å². The highest BCUT2D eigenvalue weighted by Gasteiger charge is 2.19. The molecule has 168 valence electrons. The van der Waals surface area contributed by atoms with Crippen molar-refractivity contribution >= 4 is 22.3 Å². The molecule has 8 nitrogen and oxygen atoms in total. The molecule has 0 aliphatic heterocycles. The third-order valence-electron chi connectivity index (χ3n) is 4.94. The Morgan fingerprint density at radius 1 is 1.06 bits per heavy atom. The van der Waals surface area contributed by atoms with Gasteiger partial charge in [0.15, 0.2) is 0 Å². The third kappa shape index (κ3) is 5.49. The van der Waals surface area contributed by atoms with Gasteiger partial charge in [-0.25, -0.2) is 18.1 Å². The summed E-state index contributed by atoms with van der Waals surface area (Å²) in [5, 5.41) is 3.08. The number of ether oxygens (including phenoxy) is 1. The second-order valence-corrected chi connectivity index (χ2v) is 9.16. The number of nitrogens with one attached hydrogen (secondary N) is 2. The van der Waals surface area contributed by atoms with Gasteiger partial charge in [-0.3, -0.25) is 4.79 Å². The Labute approximate surface area is 188 Å². The largest absolute Gasteiger partial charge is 0.476 e. The molecule has 0 saturated heterocycles. The molecule has 0 saturated carbocycles. The van der Waals surface area contributed by atoms with Crippen molar-refractivity contribution in [2.24, 2.45) is 0 Å². The van der Waals surface area contributed by atoms with Crippen LogP contribution in [0.15, 0.2) is 53.4 Å². The van der Waals surface area contributed by atoms with E-state index in [4.69, 9.17) is 4.74 Å².